The number of epoxide rings is 1. The molecule has 0 N–H and O–H groups in total. The van der Waals surface area contributed by atoms with Gasteiger partial charge in [-0.15, -0.1) is 0 Å². The second-order valence-corrected chi connectivity index (χ2v) is 3.98. The molecule has 0 radical (unpaired) electrons. The molecule has 1 heterocycles. The molecule has 0 aromatic heterocycles. The van der Waals surface area contributed by atoms with Crippen molar-refractivity contribution in [3.63, 3.8) is 0 Å². The standard InChI is InChI=1S/C8H12O2.C6H6/c1-2-4-7(3-1)9-5-8-6-10-8;1-2-4-6-5-3-1/h3,8H,1-2,4-6H2;1-6H. The third-order valence-corrected chi connectivity index (χ3v) is 2.52. The molecule has 0 amide bonds. The van der Waals surface area contributed by atoms with Crippen LogP contribution in [0.4, 0.5) is 0 Å². The zero-order valence-corrected chi connectivity index (χ0v) is 9.47. The lowest BCUT2D eigenvalue weighted by Gasteiger charge is -2.02. The maximum absolute atomic E-state index is 5.46. The highest BCUT2D eigenvalue weighted by molar-refractivity contribution is 5.00. The van der Waals surface area contributed by atoms with Crippen LogP contribution in [0.1, 0.15) is 19.3 Å². The fourth-order valence-corrected chi connectivity index (χ4v) is 1.52. The maximum Gasteiger partial charge on any atom is 0.116 e. The Morgan fingerprint density at radius 2 is 1.75 bits per heavy atom. The first-order valence-electron chi connectivity index (χ1n) is 5.88. The molecule has 2 nitrogen and oxygen atoms in total. The van der Waals surface area contributed by atoms with E-state index in [-0.39, 0.29) is 0 Å². The molecule has 0 spiro atoms. The summed E-state index contributed by atoms with van der Waals surface area (Å²) in [6.45, 7) is 1.67. The predicted octanol–water partition coefficient (Wildman–Crippen LogP) is 3.16. The quantitative estimate of drug-likeness (QED) is 0.727. The van der Waals surface area contributed by atoms with Crippen molar-refractivity contribution in [3.05, 3.63) is 48.2 Å². The van der Waals surface area contributed by atoms with Gasteiger partial charge in [0.1, 0.15) is 12.7 Å². The van der Waals surface area contributed by atoms with Gasteiger partial charge in [-0.25, -0.2) is 0 Å². The summed E-state index contributed by atoms with van der Waals surface area (Å²) in [5.74, 6) is 1.18. The Morgan fingerprint density at radius 3 is 2.19 bits per heavy atom. The molecule has 1 aromatic carbocycles. The van der Waals surface area contributed by atoms with Crippen molar-refractivity contribution in [2.75, 3.05) is 13.2 Å². The Balaban J connectivity index is 0.000000138. The summed E-state index contributed by atoms with van der Waals surface area (Å²) < 4.78 is 10.5. The number of hydrogen-bond acceptors (Lipinski definition) is 2. The molecule has 16 heavy (non-hydrogen) atoms. The predicted molar refractivity (Wildman–Crippen MR) is 64.1 cm³/mol. The highest BCUT2D eigenvalue weighted by Gasteiger charge is 2.23. The lowest BCUT2D eigenvalue weighted by molar-refractivity contribution is 0.178. The van der Waals surface area contributed by atoms with Crippen molar-refractivity contribution < 1.29 is 9.47 Å². The van der Waals surface area contributed by atoms with Crippen LogP contribution in [0.5, 0.6) is 0 Å². The van der Waals surface area contributed by atoms with E-state index in [1.165, 1.54) is 18.6 Å². The van der Waals surface area contributed by atoms with E-state index in [0.717, 1.165) is 19.6 Å². The molecule has 1 atom stereocenters. The molecule has 1 fully saturated rings. The Hall–Kier alpha value is -1.28. The molecule has 1 aromatic rings. The third kappa shape index (κ3) is 4.49. The first kappa shape index (κ1) is 11.2. The summed E-state index contributed by atoms with van der Waals surface area (Å²) in [5.41, 5.74) is 0. The van der Waals surface area contributed by atoms with Crippen LogP contribution in [0.3, 0.4) is 0 Å². The molecule has 1 unspecified atom stereocenters. The van der Waals surface area contributed by atoms with Crippen molar-refractivity contribution in [2.45, 2.75) is 25.4 Å². The van der Waals surface area contributed by atoms with Crippen LogP contribution < -0.4 is 0 Å². The van der Waals surface area contributed by atoms with Crippen molar-refractivity contribution in [1.29, 1.82) is 0 Å². The van der Waals surface area contributed by atoms with Gasteiger partial charge in [-0.05, 0) is 18.9 Å². The van der Waals surface area contributed by atoms with Crippen LogP contribution in [-0.2, 0) is 9.47 Å². The molecule has 1 aliphatic carbocycles. The van der Waals surface area contributed by atoms with Gasteiger partial charge in [0.15, 0.2) is 0 Å². The molecule has 0 saturated carbocycles. The van der Waals surface area contributed by atoms with E-state index in [9.17, 15) is 0 Å². The average molecular weight is 218 g/mol. The number of benzene rings is 1. The smallest absolute Gasteiger partial charge is 0.116 e. The first-order chi connectivity index (χ1) is 7.95. The summed E-state index contributed by atoms with van der Waals surface area (Å²) >= 11 is 0. The van der Waals surface area contributed by atoms with Gasteiger partial charge < -0.3 is 9.47 Å². The minimum atomic E-state index is 0.404. The normalized spacial score (nSPS) is 21.8. The average Bonchev–Trinajstić information content (AvgIpc) is 3.05. The fourth-order valence-electron chi connectivity index (χ4n) is 1.52. The molecule has 1 aliphatic heterocycles. The zero-order chi connectivity index (χ0) is 11.1. The lowest BCUT2D eigenvalue weighted by atomic mass is 10.4. The number of ether oxygens (including phenoxy) is 2. The van der Waals surface area contributed by atoms with Crippen molar-refractivity contribution in [3.8, 4) is 0 Å². The van der Waals surface area contributed by atoms with Gasteiger partial charge in [0.2, 0.25) is 0 Å². The fraction of sp³-hybridized carbons (Fsp3) is 0.429. The third-order valence-electron chi connectivity index (χ3n) is 2.52. The van der Waals surface area contributed by atoms with Gasteiger partial charge in [-0.2, -0.15) is 0 Å². The Bertz CT molecular complexity index is 288. The van der Waals surface area contributed by atoms with Gasteiger partial charge in [-0.3, -0.25) is 0 Å². The maximum atomic E-state index is 5.46. The van der Waals surface area contributed by atoms with Crippen molar-refractivity contribution in [2.24, 2.45) is 0 Å². The topological polar surface area (TPSA) is 21.8 Å². The molecule has 2 heteroatoms. The minimum absolute atomic E-state index is 0.404. The highest BCUT2D eigenvalue weighted by atomic mass is 16.6. The Kier molecular flexibility index (Phi) is 4.44. The summed E-state index contributed by atoms with van der Waals surface area (Å²) in [4.78, 5) is 0. The van der Waals surface area contributed by atoms with Crippen LogP contribution in [0, 0.1) is 0 Å². The number of allylic oxidation sites excluding steroid dienone is 2. The number of rotatable bonds is 3. The van der Waals surface area contributed by atoms with Crippen LogP contribution in [0.2, 0.25) is 0 Å². The lowest BCUT2D eigenvalue weighted by Crippen LogP contribution is -1.99. The van der Waals surface area contributed by atoms with Crippen LogP contribution in [-0.4, -0.2) is 19.3 Å². The van der Waals surface area contributed by atoms with E-state index in [4.69, 9.17) is 9.47 Å². The molecular formula is C14H18O2. The van der Waals surface area contributed by atoms with Crippen LogP contribution in [0.25, 0.3) is 0 Å². The molecule has 1 saturated heterocycles. The highest BCUT2D eigenvalue weighted by Crippen LogP contribution is 2.20. The van der Waals surface area contributed by atoms with Crippen LogP contribution in [0.15, 0.2) is 48.2 Å². The van der Waals surface area contributed by atoms with E-state index in [0.29, 0.717) is 6.10 Å². The van der Waals surface area contributed by atoms with E-state index < -0.39 is 0 Å². The Labute approximate surface area is 96.9 Å². The second-order valence-electron chi connectivity index (χ2n) is 3.98. The van der Waals surface area contributed by atoms with Crippen LogP contribution >= 0.6 is 0 Å². The van der Waals surface area contributed by atoms with Crippen molar-refractivity contribution >= 4 is 0 Å². The Morgan fingerprint density at radius 1 is 1.12 bits per heavy atom. The molecule has 3 rings (SSSR count). The van der Waals surface area contributed by atoms with Gasteiger partial charge in [0.05, 0.1) is 12.4 Å². The summed E-state index contributed by atoms with van der Waals surface area (Å²) in [5, 5.41) is 0. The van der Waals surface area contributed by atoms with E-state index in [1.807, 2.05) is 36.4 Å². The first-order valence-corrected chi connectivity index (χ1v) is 5.88. The van der Waals surface area contributed by atoms with Gasteiger partial charge >= 0.3 is 0 Å². The van der Waals surface area contributed by atoms with E-state index in [2.05, 4.69) is 6.08 Å². The monoisotopic (exact) mass is 218 g/mol. The molecular weight excluding hydrogens is 200 g/mol. The van der Waals surface area contributed by atoms with Gasteiger partial charge in [0, 0.05) is 6.42 Å². The van der Waals surface area contributed by atoms with Gasteiger partial charge in [-0.1, -0.05) is 36.4 Å². The molecule has 86 valence electrons. The molecule has 2 aliphatic rings. The SMILES string of the molecule is C1=C(OCC2CO2)CCC1.c1ccccc1. The van der Waals surface area contributed by atoms with E-state index >= 15 is 0 Å². The summed E-state index contributed by atoms with van der Waals surface area (Å²) in [6.07, 6.45) is 6.18. The largest absolute Gasteiger partial charge is 0.495 e. The number of hydrogen-bond donors (Lipinski definition) is 0. The molecule has 0 bridgehead atoms. The second kappa shape index (κ2) is 6.33. The summed E-state index contributed by atoms with van der Waals surface area (Å²) in [6, 6.07) is 12.0. The van der Waals surface area contributed by atoms with E-state index in [1.54, 1.807) is 0 Å². The van der Waals surface area contributed by atoms with Crippen molar-refractivity contribution in [1.82, 2.24) is 0 Å². The minimum Gasteiger partial charge on any atom is -0.495 e. The summed E-state index contributed by atoms with van der Waals surface area (Å²) in [7, 11) is 0. The van der Waals surface area contributed by atoms with Gasteiger partial charge in [0.25, 0.3) is 0 Å². The zero-order valence-electron chi connectivity index (χ0n) is 9.47.